The van der Waals surface area contributed by atoms with Gasteiger partial charge in [-0.15, -0.1) is 0 Å². The van der Waals surface area contributed by atoms with Crippen LogP contribution in [0.2, 0.25) is 0 Å². The highest BCUT2D eigenvalue weighted by Crippen LogP contribution is 2.28. The molecular weight excluding hydrogens is 318 g/mol. The van der Waals surface area contributed by atoms with E-state index in [1.54, 1.807) is 6.20 Å². The predicted octanol–water partition coefficient (Wildman–Crippen LogP) is 2.28. The Kier molecular flexibility index (Phi) is 3.99. The molecule has 3 aromatic heterocycles. The molecule has 3 aromatic rings. The molecule has 0 saturated carbocycles. The molecule has 4 heterocycles. The average Bonchev–Trinajstić information content (AvgIpc) is 3.23. The van der Waals surface area contributed by atoms with Crippen LogP contribution in [0.15, 0.2) is 29.0 Å². The number of aryl methyl sites for hydroxylation is 2. The third-order valence-corrected chi connectivity index (χ3v) is 5.09. The summed E-state index contributed by atoms with van der Waals surface area (Å²) in [4.78, 5) is 18.9. The Bertz CT molecular complexity index is 886. The summed E-state index contributed by atoms with van der Waals surface area (Å²) >= 11 is 0. The van der Waals surface area contributed by atoms with E-state index in [-0.39, 0.29) is 5.91 Å². The molecule has 4 rings (SSSR count). The van der Waals surface area contributed by atoms with Gasteiger partial charge >= 0.3 is 0 Å². The van der Waals surface area contributed by atoms with Crippen LogP contribution < -0.4 is 0 Å². The number of carbonyl (C=O) groups excluding carboxylic acids is 1. The van der Waals surface area contributed by atoms with Crippen LogP contribution in [0.5, 0.6) is 0 Å². The van der Waals surface area contributed by atoms with Gasteiger partial charge in [-0.3, -0.25) is 4.79 Å². The van der Waals surface area contributed by atoms with Crippen molar-refractivity contribution in [2.24, 2.45) is 0 Å². The fourth-order valence-electron chi connectivity index (χ4n) is 3.60. The molecule has 7 heteroatoms. The molecule has 0 bridgehead atoms. The number of carbonyl (C=O) groups is 1. The summed E-state index contributed by atoms with van der Waals surface area (Å²) < 4.78 is 7.06. The number of piperidine rings is 1. The lowest BCUT2D eigenvalue weighted by atomic mass is 9.93. The van der Waals surface area contributed by atoms with Gasteiger partial charge in [0.25, 0.3) is 0 Å². The molecule has 1 aliphatic rings. The second-order valence-corrected chi connectivity index (χ2v) is 6.61. The van der Waals surface area contributed by atoms with Crippen LogP contribution in [-0.4, -0.2) is 43.7 Å². The fraction of sp³-hybridized carbons (Fsp3) is 0.444. The van der Waals surface area contributed by atoms with Crippen molar-refractivity contribution >= 4 is 11.6 Å². The molecule has 0 N–H and O–H groups in total. The molecule has 1 amide bonds. The second kappa shape index (κ2) is 6.31. The summed E-state index contributed by atoms with van der Waals surface area (Å²) in [6, 6.07) is 3.94. The number of rotatable bonds is 3. The van der Waals surface area contributed by atoms with Crippen LogP contribution in [0.4, 0.5) is 0 Å². The molecule has 7 nitrogen and oxygen atoms in total. The number of hydrogen-bond acceptors (Lipinski definition) is 5. The van der Waals surface area contributed by atoms with Gasteiger partial charge in [0.15, 0.2) is 5.65 Å². The number of amides is 1. The van der Waals surface area contributed by atoms with Gasteiger partial charge in [-0.05, 0) is 32.8 Å². The first-order valence-electron chi connectivity index (χ1n) is 8.61. The zero-order valence-corrected chi connectivity index (χ0v) is 14.5. The normalized spacial score (nSPS) is 15.8. The van der Waals surface area contributed by atoms with Crippen LogP contribution in [0.25, 0.3) is 5.65 Å². The Labute approximate surface area is 145 Å². The fourth-order valence-corrected chi connectivity index (χ4v) is 3.60. The maximum absolute atomic E-state index is 12.6. The van der Waals surface area contributed by atoms with Gasteiger partial charge in [0.2, 0.25) is 5.91 Å². The first-order valence-corrected chi connectivity index (χ1v) is 8.61. The average molecular weight is 339 g/mol. The molecule has 130 valence electrons. The summed E-state index contributed by atoms with van der Waals surface area (Å²) in [5.41, 5.74) is 3.76. The minimum absolute atomic E-state index is 0.145. The highest BCUT2D eigenvalue weighted by atomic mass is 16.5. The Hall–Kier alpha value is -2.70. The van der Waals surface area contributed by atoms with Crippen molar-refractivity contribution in [2.75, 3.05) is 13.1 Å². The monoisotopic (exact) mass is 339 g/mol. The smallest absolute Gasteiger partial charge is 0.227 e. The zero-order chi connectivity index (χ0) is 17.4. The lowest BCUT2D eigenvalue weighted by molar-refractivity contribution is -0.131. The second-order valence-electron chi connectivity index (χ2n) is 6.61. The molecule has 1 saturated heterocycles. The molecule has 0 aliphatic carbocycles. The molecule has 0 unspecified atom stereocenters. The Morgan fingerprint density at radius 2 is 2.04 bits per heavy atom. The highest BCUT2D eigenvalue weighted by molar-refractivity contribution is 5.79. The number of fused-ring (bicyclic) bond motifs is 1. The lowest BCUT2D eigenvalue weighted by Gasteiger charge is -2.32. The summed E-state index contributed by atoms with van der Waals surface area (Å²) in [6.45, 7) is 5.26. The molecule has 1 aliphatic heterocycles. The summed E-state index contributed by atoms with van der Waals surface area (Å²) in [6.07, 6.45) is 5.85. The number of likely N-dealkylation sites (tertiary alicyclic amines) is 1. The van der Waals surface area contributed by atoms with E-state index in [1.165, 1.54) is 5.69 Å². The zero-order valence-electron chi connectivity index (χ0n) is 14.5. The van der Waals surface area contributed by atoms with Crippen molar-refractivity contribution in [1.82, 2.24) is 24.7 Å². The molecular formula is C18H21N5O2. The van der Waals surface area contributed by atoms with E-state index < -0.39 is 0 Å². The van der Waals surface area contributed by atoms with Crippen molar-refractivity contribution < 1.29 is 9.32 Å². The van der Waals surface area contributed by atoms with E-state index in [1.807, 2.05) is 41.6 Å². The van der Waals surface area contributed by atoms with E-state index in [0.29, 0.717) is 12.3 Å². The van der Waals surface area contributed by atoms with E-state index in [9.17, 15) is 4.79 Å². The Morgan fingerprint density at radius 1 is 1.24 bits per heavy atom. The van der Waals surface area contributed by atoms with Gasteiger partial charge in [0.1, 0.15) is 5.76 Å². The van der Waals surface area contributed by atoms with E-state index in [4.69, 9.17) is 4.52 Å². The SMILES string of the molecule is Cc1noc(C)c1CC(=O)N1CCC(c2ccnc3ccnn23)CC1. The number of nitrogens with zero attached hydrogens (tertiary/aromatic N) is 5. The topological polar surface area (TPSA) is 76.5 Å². The Balaban J connectivity index is 1.43. The van der Waals surface area contributed by atoms with Gasteiger partial charge in [0.05, 0.1) is 18.3 Å². The van der Waals surface area contributed by atoms with Crippen molar-refractivity contribution in [3.63, 3.8) is 0 Å². The maximum Gasteiger partial charge on any atom is 0.227 e. The largest absolute Gasteiger partial charge is 0.361 e. The summed E-state index contributed by atoms with van der Waals surface area (Å²) in [5.74, 6) is 1.28. The first-order chi connectivity index (χ1) is 12.1. The molecule has 25 heavy (non-hydrogen) atoms. The van der Waals surface area contributed by atoms with Crippen molar-refractivity contribution in [1.29, 1.82) is 0 Å². The lowest BCUT2D eigenvalue weighted by Crippen LogP contribution is -2.39. The molecule has 0 spiro atoms. The van der Waals surface area contributed by atoms with Crippen LogP contribution in [-0.2, 0) is 11.2 Å². The minimum atomic E-state index is 0.145. The third kappa shape index (κ3) is 2.90. The van der Waals surface area contributed by atoms with Crippen molar-refractivity contribution in [2.45, 2.75) is 39.0 Å². The molecule has 1 fully saturated rings. The van der Waals surface area contributed by atoms with Gasteiger partial charge in [-0.2, -0.15) is 5.10 Å². The standard InChI is InChI=1S/C18H21N5O2/c1-12-15(13(2)25-21-12)11-18(24)22-9-5-14(6-10-22)16-3-7-19-17-4-8-20-23(16)17/h3-4,7-8,14H,5-6,9-11H2,1-2H3. The van der Waals surface area contributed by atoms with Crippen LogP contribution in [0.3, 0.4) is 0 Å². The predicted molar refractivity (Wildman–Crippen MR) is 91.2 cm³/mol. The summed E-state index contributed by atoms with van der Waals surface area (Å²) in [5, 5.41) is 8.30. The van der Waals surface area contributed by atoms with Gasteiger partial charge in [0, 0.05) is 42.5 Å². The van der Waals surface area contributed by atoms with E-state index in [2.05, 4.69) is 15.2 Å². The number of hydrogen-bond donors (Lipinski definition) is 0. The highest BCUT2D eigenvalue weighted by Gasteiger charge is 2.26. The van der Waals surface area contributed by atoms with Gasteiger partial charge in [-0.25, -0.2) is 9.50 Å². The maximum atomic E-state index is 12.6. The first kappa shape index (κ1) is 15.8. The molecule has 0 atom stereocenters. The quantitative estimate of drug-likeness (QED) is 0.732. The Morgan fingerprint density at radius 3 is 2.76 bits per heavy atom. The van der Waals surface area contributed by atoms with Crippen LogP contribution in [0.1, 0.15) is 41.5 Å². The van der Waals surface area contributed by atoms with E-state index in [0.717, 1.165) is 48.6 Å². The van der Waals surface area contributed by atoms with Crippen LogP contribution in [0, 0.1) is 13.8 Å². The molecule has 0 radical (unpaired) electrons. The van der Waals surface area contributed by atoms with E-state index >= 15 is 0 Å². The third-order valence-electron chi connectivity index (χ3n) is 5.09. The van der Waals surface area contributed by atoms with Crippen molar-refractivity contribution in [3.8, 4) is 0 Å². The minimum Gasteiger partial charge on any atom is -0.361 e. The van der Waals surface area contributed by atoms with Crippen molar-refractivity contribution in [3.05, 3.63) is 47.2 Å². The van der Waals surface area contributed by atoms with Gasteiger partial charge in [-0.1, -0.05) is 5.16 Å². The van der Waals surface area contributed by atoms with Gasteiger partial charge < -0.3 is 9.42 Å². The molecule has 0 aromatic carbocycles. The number of aromatic nitrogens is 4. The summed E-state index contributed by atoms with van der Waals surface area (Å²) in [7, 11) is 0. The van der Waals surface area contributed by atoms with Crippen LogP contribution >= 0.6 is 0 Å².